The van der Waals surface area contributed by atoms with Crippen molar-refractivity contribution in [2.24, 2.45) is 0 Å². The van der Waals surface area contributed by atoms with Crippen molar-refractivity contribution in [3.05, 3.63) is 23.9 Å². The first-order valence-electron chi connectivity index (χ1n) is 6.68. The van der Waals surface area contributed by atoms with Gasteiger partial charge in [0.05, 0.1) is 5.56 Å². The van der Waals surface area contributed by atoms with E-state index in [0.717, 1.165) is 18.9 Å². The number of rotatable bonds is 2. The molecule has 1 amide bonds. The molecule has 104 valence electrons. The van der Waals surface area contributed by atoms with Gasteiger partial charge in [-0.3, -0.25) is 9.69 Å². The van der Waals surface area contributed by atoms with Gasteiger partial charge in [-0.15, -0.1) is 0 Å². The first-order chi connectivity index (χ1) is 9.02. The summed E-state index contributed by atoms with van der Waals surface area (Å²) in [5.74, 6) is 0.846. The largest absolute Gasteiger partial charge is 0.373 e. The van der Waals surface area contributed by atoms with E-state index >= 15 is 0 Å². The maximum absolute atomic E-state index is 12.4. The Morgan fingerprint density at radius 1 is 1.32 bits per heavy atom. The molecule has 1 aliphatic heterocycles. The molecule has 1 fully saturated rings. The maximum Gasteiger partial charge on any atom is 0.255 e. The fourth-order valence-corrected chi connectivity index (χ4v) is 2.42. The van der Waals surface area contributed by atoms with Gasteiger partial charge < -0.3 is 10.2 Å². The van der Waals surface area contributed by atoms with Crippen LogP contribution in [0.4, 0.5) is 5.82 Å². The van der Waals surface area contributed by atoms with E-state index in [0.29, 0.717) is 17.6 Å². The van der Waals surface area contributed by atoms with E-state index in [1.165, 1.54) is 0 Å². The van der Waals surface area contributed by atoms with Gasteiger partial charge in [0.2, 0.25) is 0 Å². The summed E-state index contributed by atoms with van der Waals surface area (Å²) < 4.78 is 0. The zero-order chi connectivity index (χ0) is 14.0. The quantitative estimate of drug-likeness (QED) is 0.872. The number of piperazine rings is 1. The number of carbonyl (C=O) groups excluding carboxylic acids is 1. The minimum atomic E-state index is 0.0713. The van der Waals surface area contributed by atoms with E-state index in [1.807, 2.05) is 24.1 Å². The van der Waals surface area contributed by atoms with Crippen molar-refractivity contribution in [3.8, 4) is 0 Å². The molecule has 2 atom stereocenters. The molecule has 1 N–H and O–H groups in total. The summed E-state index contributed by atoms with van der Waals surface area (Å²) in [7, 11) is 3.92. The molecular weight excluding hydrogens is 240 g/mol. The van der Waals surface area contributed by atoms with Crippen molar-refractivity contribution in [1.29, 1.82) is 0 Å². The lowest BCUT2D eigenvalue weighted by Gasteiger charge is -2.42. The van der Waals surface area contributed by atoms with Crippen LogP contribution in [-0.4, -0.2) is 60.0 Å². The monoisotopic (exact) mass is 262 g/mol. The fourth-order valence-electron chi connectivity index (χ4n) is 2.42. The van der Waals surface area contributed by atoms with Crippen molar-refractivity contribution in [2.45, 2.75) is 25.9 Å². The summed E-state index contributed by atoms with van der Waals surface area (Å²) in [6.07, 6.45) is 1.64. The van der Waals surface area contributed by atoms with Gasteiger partial charge in [-0.2, -0.15) is 0 Å². The van der Waals surface area contributed by atoms with E-state index < -0.39 is 0 Å². The van der Waals surface area contributed by atoms with Crippen molar-refractivity contribution in [1.82, 2.24) is 14.8 Å². The second-order valence-electron chi connectivity index (χ2n) is 5.26. The summed E-state index contributed by atoms with van der Waals surface area (Å²) in [5.41, 5.74) is 0.656. The summed E-state index contributed by atoms with van der Waals surface area (Å²) >= 11 is 0. The molecule has 0 aromatic carbocycles. The average Bonchev–Trinajstić information content (AvgIpc) is 2.43. The van der Waals surface area contributed by atoms with Gasteiger partial charge in [-0.25, -0.2) is 4.98 Å². The molecule has 2 rings (SSSR count). The first kappa shape index (κ1) is 13.8. The molecule has 0 bridgehead atoms. The van der Waals surface area contributed by atoms with Crippen molar-refractivity contribution in [2.75, 3.05) is 32.5 Å². The third-order valence-corrected chi connectivity index (χ3v) is 3.91. The minimum absolute atomic E-state index is 0.0713. The molecule has 1 aliphatic rings. The number of hydrogen-bond donors (Lipinski definition) is 1. The zero-order valence-electron chi connectivity index (χ0n) is 12.1. The molecule has 0 aliphatic carbocycles. The third kappa shape index (κ3) is 2.87. The van der Waals surface area contributed by atoms with E-state index in [4.69, 9.17) is 0 Å². The molecule has 5 nitrogen and oxygen atoms in total. The van der Waals surface area contributed by atoms with Crippen LogP contribution in [0, 0.1) is 0 Å². The topological polar surface area (TPSA) is 48.5 Å². The number of likely N-dealkylation sites (N-methyl/N-ethyl adjacent to an activating group) is 1. The van der Waals surface area contributed by atoms with Crippen LogP contribution >= 0.6 is 0 Å². The lowest BCUT2D eigenvalue weighted by Crippen LogP contribution is -2.56. The fraction of sp³-hybridized carbons (Fsp3) is 0.571. The van der Waals surface area contributed by atoms with E-state index in [-0.39, 0.29) is 5.91 Å². The van der Waals surface area contributed by atoms with Crippen LogP contribution in [0.15, 0.2) is 18.3 Å². The lowest BCUT2D eigenvalue weighted by atomic mass is 10.1. The van der Waals surface area contributed by atoms with Crippen LogP contribution in [-0.2, 0) is 0 Å². The van der Waals surface area contributed by atoms with Crippen molar-refractivity contribution < 1.29 is 4.79 Å². The molecule has 1 saturated heterocycles. The van der Waals surface area contributed by atoms with Gasteiger partial charge in [0.25, 0.3) is 5.91 Å². The van der Waals surface area contributed by atoms with Crippen LogP contribution in [0.1, 0.15) is 24.2 Å². The number of carbonyl (C=O) groups is 1. The van der Waals surface area contributed by atoms with Gasteiger partial charge in [-0.1, -0.05) is 0 Å². The Hall–Kier alpha value is -1.62. The second-order valence-corrected chi connectivity index (χ2v) is 5.26. The molecule has 1 aromatic heterocycles. The molecular formula is C14H22N4O. The van der Waals surface area contributed by atoms with Crippen molar-refractivity contribution >= 4 is 11.7 Å². The number of anilines is 1. The summed E-state index contributed by atoms with van der Waals surface area (Å²) in [5, 5.41) is 2.95. The molecule has 0 radical (unpaired) electrons. The van der Waals surface area contributed by atoms with Crippen LogP contribution < -0.4 is 5.32 Å². The normalized spacial score (nSPS) is 24.3. The highest BCUT2D eigenvalue weighted by Crippen LogP contribution is 2.16. The highest BCUT2D eigenvalue weighted by atomic mass is 16.2. The minimum Gasteiger partial charge on any atom is -0.373 e. The predicted molar refractivity (Wildman–Crippen MR) is 76.4 cm³/mol. The predicted octanol–water partition coefficient (Wildman–Crippen LogP) is 1.29. The molecule has 2 heterocycles. The van der Waals surface area contributed by atoms with Gasteiger partial charge >= 0.3 is 0 Å². The van der Waals surface area contributed by atoms with Gasteiger partial charge in [-0.05, 0) is 33.0 Å². The summed E-state index contributed by atoms with van der Waals surface area (Å²) in [6.45, 7) is 5.84. The Bertz CT molecular complexity index is 433. The molecule has 1 aromatic rings. The molecule has 0 saturated carbocycles. The number of nitrogens with zero attached hydrogens (tertiary/aromatic N) is 3. The van der Waals surface area contributed by atoms with Crippen molar-refractivity contribution in [3.63, 3.8) is 0 Å². The highest BCUT2D eigenvalue weighted by Gasteiger charge is 2.29. The Labute approximate surface area is 114 Å². The van der Waals surface area contributed by atoms with Gasteiger partial charge in [0, 0.05) is 38.4 Å². The molecule has 19 heavy (non-hydrogen) atoms. The highest BCUT2D eigenvalue weighted by molar-refractivity contribution is 5.94. The molecule has 2 unspecified atom stereocenters. The lowest BCUT2D eigenvalue weighted by molar-refractivity contribution is 0.0414. The van der Waals surface area contributed by atoms with Crippen LogP contribution in [0.2, 0.25) is 0 Å². The number of aromatic nitrogens is 1. The second kappa shape index (κ2) is 5.57. The Balaban J connectivity index is 2.10. The average molecular weight is 262 g/mol. The number of pyridine rings is 1. The Morgan fingerprint density at radius 2 is 1.95 bits per heavy atom. The van der Waals surface area contributed by atoms with Crippen LogP contribution in [0.25, 0.3) is 0 Å². The SMILES string of the molecule is CNc1ccc(C(=O)N2CC(C)N(C)C(C)C2)cn1. The number of nitrogens with one attached hydrogen (secondary N) is 1. The van der Waals surface area contributed by atoms with Gasteiger partial charge in [0.15, 0.2) is 0 Å². The summed E-state index contributed by atoms with van der Waals surface area (Å²) in [6, 6.07) is 4.43. The van der Waals surface area contributed by atoms with E-state index in [9.17, 15) is 4.79 Å². The maximum atomic E-state index is 12.4. The number of hydrogen-bond acceptors (Lipinski definition) is 4. The standard InChI is InChI=1S/C14H22N4O/c1-10-8-18(9-11(2)17(10)4)14(19)12-5-6-13(15-3)16-7-12/h5-7,10-11H,8-9H2,1-4H3,(H,15,16). The number of amides is 1. The van der Waals surface area contributed by atoms with Gasteiger partial charge in [0.1, 0.15) is 5.82 Å². The molecule has 0 spiro atoms. The Kier molecular flexibility index (Phi) is 4.04. The smallest absolute Gasteiger partial charge is 0.255 e. The Morgan fingerprint density at radius 3 is 2.42 bits per heavy atom. The summed E-state index contributed by atoms with van der Waals surface area (Å²) in [4.78, 5) is 20.9. The van der Waals surface area contributed by atoms with E-state index in [2.05, 4.69) is 36.1 Å². The van der Waals surface area contributed by atoms with Crippen LogP contribution in [0.3, 0.4) is 0 Å². The first-order valence-corrected chi connectivity index (χ1v) is 6.68. The third-order valence-electron chi connectivity index (χ3n) is 3.91. The zero-order valence-corrected chi connectivity index (χ0v) is 12.1. The molecule has 5 heteroatoms. The van der Waals surface area contributed by atoms with Crippen LogP contribution in [0.5, 0.6) is 0 Å². The van der Waals surface area contributed by atoms with E-state index in [1.54, 1.807) is 6.20 Å².